The highest BCUT2D eigenvalue weighted by Gasteiger charge is 2.29. The molecule has 0 radical (unpaired) electrons. The Balaban J connectivity index is 1.97. The second-order valence-electron chi connectivity index (χ2n) is 5.57. The zero-order valence-corrected chi connectivity index (χ0v) is 12.7. The third kappa shape index (κ3) is 4.03. The minimum Gasteiger partial charge on any atom is -0.373 e. The smallest absolute Gasteiger partial charge is 0.241 e. The molecule has 5 heteroatoms. The molecule has 2 rings (SSSR count). The van der Waals surface area contributed by atoms with Crippen LogP contribution in [0.15, 0.2) is 24.3 Å². The van der Waals surface area contributed by atoms with Crippen LogP contribution in [-0.4, -0.2) is 42.1 Å². The van der Waals surface area contributed by atoms with Crippen molar-refractivity contribution in [1.82, 2.24) is 4.90 Å². The van der Waals surface area contributed by atoms with Crippen LogP contribution in [0.25, 0.3) is 0 Å². The normalized spacial score (nSPS) is 24.1. The van der Waals surface area contributed by atoms with Gasteiger partial charge in [0, 0.05) is 18.8 Å². The fourth-order valence-electron chi connectivity index (χ4n) is 2.57. The minimum atomic E-state index is -0.213. The van der Waals surface area contributed by atoms with Gasteiger partial charge >= 0.3 is 0 Å². The Hall–Kier alpha value is -1.90. The van der Waals surface area contributed by atoms with E-state index in [1.54, 1.807) is 24.3 Å². The number of nitriles is 1. The third-order valence-corrected chi connectivity index (χ3v) is 3.66. The molecule has 1 fully saturated rings. The van der Waals surface area contributed by atoms with E-state index >= 15 is 0 Å². The molecule has 21 heavy (non-hydrogen) atoms. The summed E-state index contributed by atoms with van der Waals surface area (Å²) in [6, 6.07) is 8.72. The molecule has 112 valence electrons. The number of amides is 1. The Morgan fingerprint density at radius 1 is 1.33 bits per heavy atom. The van der Waals surface area contributed by atoms with Crippen LogP contribution in [0.2, 0.25) is 0 Å². The van der Waals surface area contributed by atoms with Crippen molar-refractivity contribution >= 4 is 11.6 Å². The summed E-state index contributed by atoms with van der Waals surface area (Å²) < 4.78 is 5.69. The second-order valence-corrected chi connectivity index (χ2v) is 5.57. The van der Waals surface area contributed by atoms with Gasteiger partial charge in [-0.3, -0.25) is 9.69 Å². The van der Waals surface area contributed by atoms with E-state index < -0.39 is 0 Å². The first-order chi connectivity index (χ1) is 9.99. The van der Waals surface area contributed by atoms with Gasteiger partial charge in [0.1, 0.15) is 0 Å². The maximum Gasteiger partial charge on any atom is 0.241 e. The van der Waals surface area contributed by atoms with Crippen LogP contribution in [0.3, 0.4) is 0 Å². The van der Waals surface area contributed by atoms with Crippen LogP contribution in [0, 0.1) is 11.3 Å². The summed E-state index contributed by atoms with van der Waals surface area (Å²) in [6.07, 6.45) is 0.276. The molecular formula is C16H21N3O2. The van der Waals surface area contributed by atoms with Crippen LogP contribution in [0.1, 0.15) is 26.3 Å². The van der Waals surface area contributed by atoms with Crippen LogP contribution >= 0.6 is 0 Å². The first kappa shape index (κ1) is 15.5. The van der Waals surface area contributed by atoms with Crippen LogP contribution in [-0.2, 0) is 9.53 Å². The Kier molecular flexibility index (Phi) is 4.94. The predicted molar refractivity (Wildman–Crippen MR) is 80.8 cm³/mol. The molecule has 0 aromatic heterocycles. The number of benzene rings is 1. The molecule has 1 aliphatic rings. The molecule has 1 aromatic carbocycles. The molecule has 1 saturated heterocycles. The summed E-state index contributed by atoms with van der Waals surface area (Å²) in [7, 11) is 0. The number of rotatable bonds is 3. The summed E-state index contributed by atoms with van der Waals surface area (Å²) in [6.45, 7) is 7.46. The molecule has 1 amide bonds. The van der Waals surface area contributed by atoms with E-state index in [1.807, 2.05) is 20.8 Å². The Morgan fingerprint density at radius 3 is 2.43 bits per heavy atom. The number of carbonyl (C=O) groups excluding carboxylic acids is 1. The van der Waals surface area contributed by atoms with Crippen molar-refractivity contribution in [3.8, 4) is 6.07 Å². The number of carbonyl (C=O) groups is 1. The van der Waals surface area contributed by atoms with Gasteiger partial charge in [0.2, 0.25) is 5.91 Å². The van der Waals surface area contributed by atoms with Gasteiger partial charge in [0.15, 0.2) is 0 Å². The van der Waals surface area contributed by atoms with Crippen molar-refractivity contribution in [2.45, 2.75) is 39.0 Å². The Bertz CT molecular complexity index is 525. The van der Waals surface area contributed by atoms with Crippen molar-refractivity contribution in [3.63, 3.8) is 0 Å². The molecular weight excluding hydrogens is 266 g/mol. The van der Waals surface area contributed by atoms with Gasteiger partial charge in [0.05, 0.1) is 29.9 Å². The molecule has 1 heterocycles. The standard InChI is InChI=1S/C16H21N3O2/c1-11-9-19(10-12(2)21-11)13(3)16(20)18-15-6-4-14(8-17)5-7-15/h4-7,11-13H,9-10H2,1-3H3,(H,18,20)/t11-,12-,13+/m1/s1. The first-order valence-corrected chi connectivity index (χ1v) is 7.20. The molecule has 0 spiro atoms. The zero-order valence-electron chi connectivity index (χ0n) is 12.7. The molecule has 1 aliphatic heterocycles. The van der Waals surface area contributed by atoms with Gasteiger partial charge in [-0.25, -0.2) is 0 Å². The van der Waals surface area contributed by atoms with E-state index in [4.69, 9.17) is 10.00 Å². The summed E-state index contributed by atoms with van der Waals surface area (Å²) in [5, 5.41) is 11.7. The monoisotopic (exact) mass is 287 g/mol. The number of anilines is 1. The van der Waals surface area contributed by atoms with E-state index in [2.05, 4.69) is 16.3 Å². The highest BCUT2D eigenvalue weighted by Crippen LogP contribution is 2.15. The van der Waals surface area contributed by atoms with Gasteiger partial charge in [0.25, 0.3) is 0 Å². The average Bonchev–Trinajstić information content (AvgIpc) is 2.46. The molecule has 0 bridgehead atoms. The van der Waals surface area contributed by atoms with Crippen LogP contribution < -0.4 is 5.32 Å². The quantitative estimate of drug-likeness (QED) is 0.923. The van der Waals surface area contributed by atoms with Crippen molar-refractivity contribution in [1.29, 1.82) is 5.26 Å². The number of nitrogens with one attached hydrogen (secondary N) is 1. The number of nitrogens with zero attached hydrogens (tertiary/aromatic N) is 2. The van der Waals surface area contributed by atoms with E-state index in [-0.39, 0.29) is 24.2 Å². The van der Waals surface area contributed by atoms with E-state index in [0.29, 0.717) is 11.3 Å². The maximum absolute atomic E-state index is 12.3. The zero-order chi connectivity index (χ0) is 15.4. The lowest BCUT2D eigenvalue weighted by molar-refractivity contribution is -0.126. The van der Waals surface area contributed by atoms with Crippen LogP contribution in [0.5, 0.6) is 0 Å². The van der Waals surface area contributed by atoms with Gasteiger partial charge < -0.3 is 10.1 Å². The Morgan fingerprint density at radius 2 is 1.90 bits per heavy atom. The molecule has 3 atom stereocenters. The molecule has 0 unspecified atom stereocenters. The third-order valence-electron chi connectivity index (χ3n) is 3.66. The maximum atomic E-state index is 12.3. The largest absolute Gasteiger partial charge is 0.373 e. The fourth-order valence-corrected chi connectivity index (χ4v) is 2.57. The Labute approximate surface area is 125 Å². The summed E-state index contributed by atoms with van der Waals surface area (Å²) in [5.41, 5.74) is 1.29. The SMILES string of the molecule is C[C@@H]1CN([C@@H](C)C(=O)Nc2ccc(C#N)cc2)C[C@@H](C)O1. The van der Waals surface area contributed by atoms with Crippen molar-refractivity contribution in [2.75, 3.05) is 18.4 Å². The number of hydrogen-bond acceptors (Lipinski definition) is 4. The summed E-state index contributed by atoms with van der Waals surface area (Å²) >= 11 is 0. The number of ether oxygens (including phenoxy) is 1. The first-order valence-electron chi connectivity index (χ1n) is 7.20. The lowest BCUT2D eigenvalue weighted by atomic mass is 10.1. The topological polar surface area (TPSA) is 65.4 Å². The molecule has 5 nitrogen and oxygen atoms in total. The van der Waals surface area contributed by atoms with E-state index in [0.717, 1.165) is 13.1 Å². The molecule has 1 aromatic rings. The average molecular weight is 287 g/mol. The second kappa shape index (κ2) is 6.70. The van der Waals surface area contributed by atoms with Crippen molar-refractivity contribution < 1.29 is 9.53 Å². The molecule has 0 saturated carbocycles. The van der Waals surface area contributed by atoms with Gasteiger partial charge in [-0.2, -0.15) is 5.26 Å². The fraction of sp³-hybridized carbons (Fsp3) is 0.500. The highest BCUT2D eigenvalue weighted by atomic mass is 16.5. The minimum absolute atomic E-state index is 0.0407. The van der Waals surface area contributed by atoms with Gasteiger partial charge in [-0.05, 0) is 45.0 Å². The van der Waals surface area contributed by atoms with Gasteiger partial charge in [-0.15, -0.1) is 0 Å². The lowest BCUT2D eigenvalue weighted by Crippen LogP contribution is -2.52. The molecule has 1 N–H and O–H groups in total. The van der Waals surface area contributed by atoms with E-state index in [1.165, 1.54) is 0 Å². The van der Waals surface area contributed by atoms with Crippen molar-refractivity contribution in [3.05, 3.63) is 29.8 Å². The lowest BCUT2D eigenvalue weighted by Gasteiger charge is -2.38. The number of morpholine rings is 1. The van der Waals surface area contributed by atoms with Crippen LogP contribution in [0.4, 0.5) is 5.69 Å². The summed E-state index contributed by atoms with van der Waals surface area (Å²) in [4.78, 5) is 14.5. The summed E-state index contributed by atoms with van der Waals surface area (Å²) in [5.74, 6) is -0.0407. The van der Waals surface area contributed by atoms with Gasteiger partial charge in [-0.1, -0.05) is 0 Å². The number of hydrogen-bond donors (Lipinski definition) is 1. The molecule has 0 aliphatic carbocycles. The predicted octanol–water partition coefficient (Wildman–Crippen LogP) is 1.99. The van der Waals surface area contributed by atoms with Crippen molar-refractivity contribution in [2.24, 2.45) is 0 Å². The van der Waals surface area contributed by atoms with E-state index in [9.17, 15) is 4.79 Å². The highest BCUT2D eigenvalue weighted by molar-refractivity contribution is 5.94.